The van der Waals surface area contributed by atoms with Crippen LogP contribution in [0.1, 0.15) is 31.7 Å². The second-order valence-corrected chi connectivity index (χ2v) is 6.87. The molecule has 2 fully saturated rings. The van der Waals surface area contributed by atoms with Gasteiger partial charge in [-0.2, -0.15) is 0 Å². The third kappa shape index (κ3) is 4.31. The van der Waals surface area contributed by atoms with Crippen molar-refractivity contribution >= 4 is 0 Å². The van der Waals surface area contributed by atoms with E-state index in [1.807, 2.05) is 0 Å². The summed E-state index contributed by atoms with van der Waals surface area (Å²) in [6, 6.07) is 11.7. The minimum absolute atomic E-state index is 0.840. The Morgan fingerprint density at radius 3 is 2.18 bits per heavy atom. The lowest BCUT2D eigenvalue weighted by Crippen LogP contribution is -2.52. The average molecular weight is 301 g/mol. The summed E-state index contributed by atoms with van der Waals surface area (Å²) in [5.41, 5.74) is 1.45. The van der Waals surface area contributed by atoms with Crippen LogP contribution in [0.15, 0.2) is 30.3 Å². The van der Waals surface area contributed by atoms with Gasteiger partial charge in [-0.25, -0.2) is 0 Å². The van der Waals surface area contributed by atoms with Crippen molar-refractivity contribution in [3.05, 3.63) is 35.9 Å². The molecule has 2 aliphatic rings. The Hall–Kier alpha value is -0.900. The molecular weight excluding hydrogens is 270 g/mol. The van der Waals surface area contributed by atoms with Crippen molar-refractivity contribution in [3.8, 4) is 0 Å². The van der Waals surface area contributed by atoms with Crippen molar-refractivity contribution in [3.63, 3.8) is 0 Å². The first-order chi connectivity index (χ1) is 10.8. The van der Waals surface area contributed by atoms with Crippen LogP contribution < -0.4 is 0 Å². The normalized spacial score (nSPS) is 23.0. The molecule has 0 aromatic heterocycles. The highest BCUT2D eigenvalue weighted by Gasteiger charge is 2.27. The van der Waals surface area contributed by atoms with Crippen LogP contribution in [0, 0.1) is 0 Å². The molecular formula is C19H31N3. The van der Waals surface area contributed by atoms with E-state index < -0.39 is 0 Å². The molecule has 1 aromatic rings. The van der Waals surface area contributed by atoms with Crippen molar-refractivity contribution in [1.29, 1.82) is 0 Å². The fourth-order valence-electron chi connectivity index (χ4n) is 3.95. The SMILES string of the molecule is CCCN1CCC(N2CCN(Cc3ccccc3)CC2)CC1. The van der Waals surface area contributed by atoms with E-state index in [9.17, 15) is 0 Å². The highest BCUT2D eigenvalue weighted by atomic mass is 15.3. The second kappa shape index (κ2) is 8.09. The standard InChI is InChI=1S/C19H31N3/c1-2-10-20-11-8-19(9-12-20)22-15-13-21(14-16-22)17-18-6-4-3-5-7-18/h3-7,19H,2,8-17H2,1H3. The van der Waals surface area contributed by atoms with Crippen LogP contribution in [0.25, 0.3) is 0 Å². The third-order valence-electron chi connectivity index (χ3n) is 5.27. The van der Waals surface area contributed by atoms with Crippen molar-refractivity contribution in [2.45, 2.75) is 38.8 Å². The van der Waals surface area contributed by atoms with E-state index in [0.29, 0.717) is 0 Å². The summed E-state index contributed by atoms with van der Waals surface area (Å²) in [6.07, 6.45) is 4.04. The minimum Gasteiger partial charge on any atom is -0.303 e. The van der Waals surface area contributed by atoms with Gasteiger partial charge in [0, 0.05) is 38.8 Å². The minimum atomic E-state index is 0.840. The molecule has 0 spiro atoms. The molecule has 22 heavy (non-hydrogen) atoms. The fraction of sp³-hybridized carbons (Fsp3) is 0.684. The van der Waals surface area contributed by atoms with Crippen LogP contribution in [0.5, 0.6) is 0 Å². The molecule has 0 saturated carbocycles. The summed E-state index contributed by atoms with van der Waals surface area (Å²) >= 11 is 0. The van der Waals surface area contributed by atoms with Gasteiger partial charge in [-0.3, -0.25) is 9.80 Å². The Kier molecular flexibility index (Phi) is 5.88. The number of piperazine rings is 1. The van der Waals surface area contributed by atoms with E-state index in [4.69, 9.17) is 0 Å². The fourth-order valence-corrected chi connectivity index (χ4v) is 3.95. The van der Waals surface area contributed by atoms with E-state index in [-0.39, 0.29) is 0 Å². The molecule has 2 aliphatic heterocycles. The third-order valence-corrected chi connectivity index (χ3v) is 5.27. The summed E-state index contributed by atoms with van der Waals surface area (Å²) in [6.45, 7) is 12.3. The van der Waals surface area contributed by atoms with E-state index in [2.05, 4.69) is 52.0 Å². The van der Waals surface area contributed by atoms with E-state index in [0.717, 1.165) is 12.6 Å². The van der Waals surface area contributed by atoms with E-state index >= 15 is 0 Å². The van der Waals surface area contributed by atoms with E-state index in [1.165, 1.54) is 70.6 Å². The molecule has 0 radical (unpaired) electrons. The van der Waals surface area contributed by atoms with Crippen LogP contribution in [0.2, 0.25) is 0 Å². The Morgan fingerprint density at radius 2 is 1.55 bits per heavy atom. The molecule has 1 aromatic carbocycles. The lowest BCUT2D eigenvalue weighted by molar-refractivity contribution is 0.0567. The molecule has 3 heteroatoms. The number of nitrogens with zero attached hydrogens (tertiary/aromatic N) is 3. The van der Waals surface area contributed by atoms with Gasteiger partial charge in [-0.05, 0) is 44.5 Å². The monoisotopic (exact) mass is 301 g/mol. The highest BCUT2D eigenvalue weighted by Crippen LogP contribution is 2.19. The zero-order chi connectivity index (χ0) is 15.2. The quantitative estimate of drug-likeness (QED) is 0.828. The summed E-state index contributed by atoms with van der Waals surface area (Å²) in [5, 5.41) is 0. The highest BCUT2D eigenvalue weighted by molar-refractivity contribution is 5.14. The van der Waals surface area contributed by atoms with Crippen molar-refractivity contribution in [2.75, 3.05) is 45.8 Å². The number of piperidine rings is 1. The Morgan fingerprint density at radius 1 is 0.864 bits per heavy atom. The van der Waals surface area contributed by atoms with Gasteiger partial charge < -0.3 is 4.90 Å². The molecule has 122 valence electrons. The largest absolute Gasteiger partial charge is 0.303 e. The van der Waals surface area contributed by atoms with Crippen LogP contribution in [0.4, 0.5) is 0 Å². The van der Waals surface area contributed by atoms with E-state index in [1.54, 1.807) is 0 Å². The van der Waals surface area contributed by atoms with Gasteiger partial charge in [0.05, 0.1) is 0 Å². The molecule has 0 N–H and O–H groups in total. The molecule has 0 unspecified atom stereocenters. The summed E-state index contributed by atoms with van der Waals surface area (Å²) in [5.74, 6) is 0. The van der Waals surface area contributed by atoms with Crippen molar-refractivity contribution < 1.29 is 0 Å². The molecule has 0 bridgehead atoms. The number of benzene rings is 1. The molecule has 0 atom stereocenters. The zero-order valence-electron chi connectivity index (χ0n) is 14.1. The molecule has 0 amide bonds. The maximum Gasteiger partial charge on any atom is 0.0234 e. The maximum atomic E-state index is 2.75. The molecule has 3 nitrogen and oxygen atoms in total. The topological polar surface area (TPSA) is 9.72 Å². The number of hydrogen-bond acceptors (Lipinski definition) is 3. The lowest BCUT2D eigenvalue weighted by atomic mass is 10.0. The first kappa shape index (κ1) is 16.0. The predicted octanol–water partition coefficient (Wildman–Crippen LogP) is 2.68. The Bertz CT molecular complexity index is 418. The number of hydrogen-bond donors (Lipinski definition) is 0. The van der Waals surface area contributed by atoms with Crippen LogP contribution in [-0.4, -0.2) is 66.6 Å². The molecule has 3 rings (SSSR count). The Labute approximate surface area is 135 Å². The zero-order valence-corrected chi connectivity index (χ0v) is 14.1. The predicted molar refractivity (Wildman–Crippen MR) is 93.0 cm³/mol. The lowest BCUT2D eigenvalue weighted by Gasteiger charge is -2.42. The second-order valence-electron chi connectivity index (χ2n) is 6.87. The maximum absolute atomic E-state index is 2.75. The smallest absolute Gasteiger partial charge is 0.0234 e. The average Bonchev–Trinajstić information content (AvgIpc) is 2.58. The first-order valence-electron chi connectivity index (χ1n) is 9.08. The van der Waals surface area contributed by atoms with Crippen molar-refractivity contribution in [2.24, 2.45) is 0 Å². The van der Waals surface area contributed by atoms with Crippen LogP contribution in [0.3, 0.4) is 0 Å². The Balaban J connectivity index is 1.40. The summed E-state index contributed by atoms with van der Waals surface area (Å²) < 4.78 is 0. The van der Waals surface area contributed by atoms with Gasteiger partial charge in [0.2, 0.25) is 0 Å². The van der Waals surface area contributed by atoms with Gasteiger partial charge in [0.25, 0.3) is 0 Å². The van der Waals surface area contributed by atoms with Crippen LogP contribution >= 0.6 is 0 Å². The molecule has 2 saturated heterocycles. The van der Waals surface area contributed by atoms with Gasteiger partial charge in [-0.1, -0.05) is 37.3 Å². The summed E-state index contributed by atoms with van der Waals surface area (Å²) in [4.78, 5) is 8.00. The van der Waals surface area contributed by atoms with Gasteiger partial charge >= 0.3 is 0 Å². The number of likely N-dealkylation sites (tertiary alicyclic amines) is 1. The van der Waals surface area contributed by atoms with Gasteiger partial charge in [0.15, 0.2) is 0 Å². The van der Waals surface area contributed by atoms with Crippen LogP contribution in [-0.2, 0) is 6.54 Å². The molecule has 2 heterocycles. The molecule has 0 aliphatic carbocycles. The number of rotatable bonds is 5. The van der Waals surface area contributed by atoms with Crippen molar-refractivity contribution in [1.82, 2.24) is 14.7 Å². The summed E-state index contributed by atoms with van der Waals surface area (Å²) in [7, 11) is 0. The first-order valence-corrected chi connectivity index (χ1v) is 9.08. The van der Waals surface area contributed by atoms with Gasteiger partial charge in [-0.15, -0.1) is 0 Å². The van der Waals surface area contributed by atoms with Gasteiger partial charge in [0.1, 0.15) is 0 Å².